The number of cyclic esters (lactones) is 1. The summed E-state index contributed by atoms with van der Waals surface area (Å²) in [5.74, 6) is 0.929. The molecule has 0 spiro atoms. The minimum Gasteiger partial charge on any atom is -0.494 e. The van der Waals surface area contributed by atoms with Crippen LogP contribution in [0.1, 0.15) is 51.5 Å². The number of rotatable bonds is 10. The SMILES string of the molecule is CCCCCCCOc1ccc(CCN2C(=O)OCC2C)cc1. The first kappa shape index (κ1) is 17.6. The van der Waals surface area contributed by atoms with Crippen molar-refractivity contribution in [2.45, 2.75) is 58.4 Å². The van der Waals surface area contributed by atoms with E-state index in [4.69, 9.17) is 9.47 Å². The molecule has 1 aromatic rings. The lowest BCUT2D eigenvalue weighted by atomic mass is 10.1. The number of amides is 1. The van der Waals surface area contributed by atoms with Crippen molar-refractivity contribution in [1.29, 1.82) is 0 Å². The zero-order valence-electron chi connectivity index (χ0n) is 14.4. The lowest BCUT2D eigenvalue weighted by molar-refractivity contribution is 0.158. The highest BCUT2D eigenvalue weighted by atomic mass is 16.6. The predicted molar refractivity (Wildman–Crippen MR) is 91.9 cm³/mol. The molecule has 2 rings (SSSR count). The molecule has 0 saturated carbocycles. The van der Waals surface area contributed by atoms with Crippen LogP contribution in [0.5, 0.6) is 5.75 Å². The summed E-state index contributed by atoms with van der Waals surface area (Å²) in [4.78, 5) is 13.3. The molecule has 1 saturated heterocycles. The van der Waals surface area contributed by atoms with Gasteiger partial charge in [-0.15, -0.1) is 0 Å². The highest BCUT2D eigenvalue weighted by Gasteiger charge is 2.28. The molecule has 23 heavy (non-hydrogen) atoms. The van der Waals surface area contributed by atoms with Gasteiger partial charge in [0.05, 0.1) is 12.6 Å². The number of carbonyl (C=O) groups excluding carboxylic acids is 1. The van der Waals surface area contributed by atoms with Crippen molar-refractivity contribution in [3.8, 4) is 5.75 Å². The van der Waals surface area contributed by atoms with Gasteiger partial charge in [-0.05, 0) is 37.5 Å². The van der Waals surface area contributed by atoms with E-state index in [-0.39, 0.29) is 12.1 Å². The number of nitrogens with zero attached hydrogens (tertiary/aromatic N) is 1. The van der Waals surface area contributed by atoms with Gasteiger partial charge in [-0.2, -0.15) is 0 Å². The zero-order chi connectivity index (χ0) is 16.5. The zero-order valence-corrected chi connectivity index (χ0v) is 14.4. The number of hydrogen-bond acceptors (Lipinski definition) is 3. The molecule has 0 bridgehead atoms. The maximum atomic E-state index is 11.6. The Hall–Kier alpha value is -1.71. The number of carbonyl (C=O) groups is 1. The largest absolute Gasteiger partial charge is 0.494 e. The van der Waals surface area contributed by atoms with Gasteiger partial charge in [0.15, 0.2) is 0 Å². The second-order valence-electron chi connectivity index (χ2n) is 6.28. The molecule has 4 nitrogen and oxygen atoms in total. The first-order valence-corrected chi connectivity index (χ1v) is 8.86. The summed E-state index contributed by atoms with van der Waals surface area (Å²) in [5.41, 5.74) is 1.21. The lowest BCUT2D eigenvalue weighted by Gasteiger charge is -2.17. The van der Waals surface area contributed by atoms with E-state index >= 15 is 0 Å². The highest BCUT2D eigenvalue weighted by molar-refractivity contribution is 5.69. The fourth-order valence-electron chi connectivity index (χ4n) is 2.75. The summed E-state index contributed by atoms with van der Waals surface area (Å²) in [5, 5.41) is 0. The van der Waals surface area contributed by atoms with Crippen LogP contribution in [0.2, 0.25) is 0 Å². The van der Waals surface area contributed by atoms with E-state index in [0.29, 0.717) is 13.2 Å². The van der Waals surface area contributed by atoms with Crippen molar-refractivity contribution in [3.05, 3.63) is 29.8 Å². The second-order valence-corrected chi connectivity index (χ2v) is 6.28. The van der Waals surface area contributed by atoms with Gasteiger partial charge in [-0.25, -0.2) is 4.79 Å². The first-order valence-electron chi connectivity index (χ1n) is 8.86. The molecule has 0 radical (unpaired) electrons. The summed E-state index contributed by atoms with van der Waals surface area (Å²) in [6.45, 7) is 6.25. The van der Waals surface area contributed by atoms with Gasteiger partial charge in [0.1, 0.15) is 12.4 Å². The molecular weight excluding hydrogens is 290 g/mol. The molecule has 128 valence electrons. The van der Waals surface area contributed by atoms with Gasteiger partial charge < -0.3 is 14.4 Å². The number of benzene rings is 1. The number of unbranched alkanes of at least 4 members (excludes halogenated alkanes) is 4. The van der Waals surface area contributed by atoms with Crippen LogP contribution in [0.15, 0.2) is 24.3 Å². The van der Waals surface area contributed by atoms with E-state index in [1.54, 1.807) is 4.90 Å². The Balaban J connectivity index is 1.67. The monoisotopic (exact) mass is 319 g/mol. The fourth-order valence-corrected chi connectivity index (χ4v) is 2.75. The van der Waals surface area contributed by atoms with E-state index in [1.807, 2.05) is 19.1 Å². The normalized spacial score (nSPS) is 17.4. The van der Waals surface area contributed by atoms with Crippen LogP contribution in [-0.2, 0) is 11.2 Å². The summed E-state index contributed by atoms with van der Waals surface area (Å²) in [6.07, 6.45) is 6.91. The van der Waals surface area contributed by atoms with Crippen molar-refractivity contribution >= 4 is 6.09 Å². The molecule has 1 amide bonds. The van der Waals surface area contributed by atoms with Crippen LogP contribution in [0.4, 0.5) is 4.79 Å². The lowest BCUT2D eigenvalue weighted by Crippen LogP contribution is -2.33. The van der Waals surface area contributed by atoms with Crippen LogP contribution in [0.25, 0.3) is 0 Å². The van der Waals surface area contributed by atoms with E-state index in [1.165, 1.54) is 31.2 Å². The van der Waals surface area contributed by atoms with Gasteiger partial charge in [0, 0.05) is 6.54 Å². The summed E-state index contributed by atoms with van der Waals surface area (Å²) in [6, 6.07) is 8.38. The Morgan fingerprint density at radius 3 is 2.57 bits per heavy atom. The van der Waals surface area contributed by atoms with E-state index < -0.39 is 0 Å². The minimum atomic E-state index is -0.194. The van der Waals surface area contributed by atoms with Gasteiger partial charge in [-0.3, -0.25) is 0 Å². The Labute approximate surface area is 139 Å². The third kappa shape index (κ3) is 5.77. The Morgan fingerprint density at radius 2 is 1.91 bits per heavy atom. The minimum absolute atomic E-state index is 0.179. The van der Waals surface area contributed by atoms with Crippen molar-refractivity contribution < 1.29 is 14.3 Å². The average molecular weight is 319 g/mol. The molecule has 1 atom stereocenters. The highest BCUT2D eigenvalue weighted by Crippen LogP contribution is 2.16. The molecule has 0 aromatic heterocycles. The summed E-state index contributed by atoms with van der Waals surface area (Å²) >= 11 is 0. The van der Waals surface area contributed by atoms with Gasteiger partial charge in [0.25, 0.3) is 0 Å². The summed E-state index contributed by atoms with van der Waals surface area (Å²) in [7, 11) is 0. The Bertz CT molecular complexity index is 472. The number of hydrogen-bond donors (Lipinski definition) is 0. The second kappa shape index (κ2) is 9.43. The van der Waals surface area contributed by atoms with Gasteiger partial charge in [-0.1, -0.05) is 44.7 Å². The molecule has 4 heteroatoms. The molecule has 1 unspecified atom stereocenters. The fraction of sp³-hybridized carbons (Fsp3) is 0.632. The van der Waals surface area contributed by atoms with Crippen molar-refractivity contribution in [2.24, 2.45) is 0 Å². The molecule has 1 aliphatic rings. The van der Waals surface area contributed by atoms with Gasteiger partial charge in [0.2, 0.25) is 0 Å². The average Bonchev–Trinajstić information content (AvgIpc) is 2.88. The molecule has 1 heterocycles. The molecule has 0 aliphatic carbocycles. The van der Waals surface area contributed by atoms with E-state index in [9.17, 15) is 4.79 Å². The van der Waals surface area contributed by atoms with Gasteiger partial charge >= 0.3 is 6.09 Å². The van der Waals surface area contributed by atoms with E-state index in [2.05, 4.69) is 19.1 Å². The molecule has 1 aliphatic heterocycles. The Morgan fingerprint density at radius 1 is 1.17 bits per heavy atom. The number of ether oxygens (including phenoxy) is 2. The topological polar surface area (TPSA) is 38.8 Å². The summed E-state index contributed by atoms with van der Waals surface area (Å²) < 4.78 is 10.8. The molecule has 1 aromatic carbocycles. The van der Waals surface area contributed by atoms with Crippen LogP contribution in [-0.4, -0.2) is 36.8 Å². The van der Waals surface area contributed by atoms with E-state index in [0.717, 1.165) is 25.2 Å². The van der Waals surface area contributed by atoms with Crippen LogP contribution >= 0.6 is 0 Å². The third-order valence-corrected chi connectivity index (χ3v) is 4.30. The first-order chi connectivity index (χ1) is 11.2. The molecule has 0 N–H and O–H groups in total. The molecule has 1 fully saturated rings. The predicted octanol–water partition coefficient (Wildman–Crippen LogP) is 4.42. The van der Waals surface area contributed by atoms with Crippen LogP contribution in [0, 0.1) is 0 Å². The quantitative estimate of drug-likeness (QED) is 0.599. The maximum absolute atomic E-state index is 11.6. The van der Waals surface area contributed by atoms with Crippen LogP contribution < -0.4 is 4.74 Å². The van der Waals surface area contributed by atoms with Crippen LogP contribution in [0.3, 0.4) is 0 Å². The van der Waals surface area contributed by atoms with Crippen molar-refractivity contribution in [2.75, 3.05) is 19.8 Å². The third-order valence-electron chi connectivity index (χ3n) is 4.30. The maximum Gasteiger partial charge on any atom is 0.410 e. The van der Waals surface area contributed by atoms with Crippen molar-refractivity contribution in [1.82, 2.24) is 4.90 Å². The molecular formula is C19H29NO3. The smallest absolute Gasteiger partial charge is 0.410 e. The Kier molecular flexibility index (Phi) is 7.24. The standard InChI is InChI=1S/C19H29NO3/c1-3-4-5-6-7-14-22-18-10-8-17(9-11-18)12-13-20-16(2)15-23-19(20)21/h8-11,16H,3-7,12-15H2,1-2H3. The van der Waals surface area contributed by atoms with Crippen molar-refractivity contribution in [3.63, 3.8) is 0 Å².